The zero-order chi connectivity index (χ0) is 18.9. The zero-order valence-corrected chi connectivity index (χ0v) is 15.9. The monoisotopic (exact) mass is 374 g/mol. The first-order chi connectivity index (χ1) is 12.5. The minimum atomic E-state index is -0.309. The van der Waals surface area contributed by atoms with Crippen molar-refractivity contribution in [3.05, 3.63) is 58.6 Å². The van der Waals surface area contributed by atoms with Crippen LogP contribution in [0.15, 0.2) is 47.6 Å². The molecule has 0 saturated heterocycles. The Morgan fingerprint density at radius 1 is 1.23 bits per heavy atom. The summed E-state index contributed by atoms with van der Waals surface area (Å²) < 4.78 is 11.2. The van der Waals surface area contributed by atoms with E-state index in [1.54, 1.807) is 42.5 Å². The van der Waals surface area contributed by atoms with Crippen LogP contribution in [0.5, 0.6) is 11.5 Å². The van der Waals surface area contributed by atoms with E-state index >= 15 is 0 Å². The molecule has 1 N–H and O–H groups in total. The van der Waals surface area contributed by atoms with Crippen LogP contribution in [0.4, 0.5) is 0 Å². The SMILES string of the molecule is CCCOc1ccc(C(=O)N/N=C/c2cc(Cl)ccc2OC(C)C)cc1. The maximum absolute atomic E-state index is 12.2. The van der Waals surface area contributed by atoms with Gasteiger partial charge in [0.05, 0.1) is 18.9 Å². The van der Waals surface area contributed by atoms with Crippen molar-refractivity contribution in [2.75, 3.05) is 6.61 Å². The largest absolute Gasteiger partial charge is 0.494 e. The van der Waals surface area contributed by atoms with E-state index in [0.29, 0.717) is 28.5 Å². The van der Waals surface area contributed by atoms with Crippen molar-refractivity contribution in [3.63, 3.8) is 0 Å². The van der Waals surface area contributed by atoms with Gasteiger partial charge in [0.2, 0.25) is 0 Å². The molecule has 6 heteroatoms. The highest BCUT2D eigenvalue weighted by molar-refractivity contribution is 6.30. The van der Waals surface area contributed by atoms with Crippen LogP contribution in [0.3, 0.4) is 0 Å². The number of carbonyl (C=O) groups is 1. The van der Waals surface area contributed by atoms with E-state index in [9.17, 15) is 4.79 Å². The fourth-order valence-corrected chi connectivity index (χ4v) is 2.31. The first-order valence-corrected chi connectivity index (χ1v) is 8.90. The molecule has 0 aliphatic rings. The normalized spacial score (nSPS) is 11.0. The Hall–Kier alpha value is -2.53. The van der Waals surface area contributed by atoms with E-state index in [1.165, 1.54) is 6.21 Å². The highest BCUT2D eigenvalue weighted by Crippen LogP contribution is 2.22. The van der Waals surface area contributed by atoms with Crippen molar-refractivity contribution >= 4 is 23.7 Å². The lowest BCUT2D eigenvalue weighted by Crippen LogP contribution is -2.17. The van der Waals surface area contributed by atoms with E-state index in [-0.39, 0.29) is 12.0 Å². The van der Waals surface area contributed by atoms with Gasteiger partial charge in [0, 0.05) is 16.1 Å². The molecule has 5 nitrogen and oxygen atoms in total. The smallest absolute Gasteiger partial charge is 0.271 e. The highest BCUT2D eigenvalue weighted by atomic mass is 35.5. The van der Waals surface area contributed by atoms with Crippen LogP contribution in [0, 0.1) is 0 Å². The summed E-state index contributed by atoms with van der Waals surface area (Å²) in [5, 5.41) is 4.57. The molecule has 0 spiro atoms. The van der Waals surface area contributed by atoms with Crippen LogP contribution in [0.2, 0.25) is 5.02 Å². The van der Waals surface area contributed by atoms with Crippen LogP contribution in [0.1, 0.15) is 43.1 Å². The molecule has 2 rings (SSSR count). The lowest BCUT2D eigenvalue weighted by atomic mass is 10.2. The molecule has 0 bridgehead atoms. The fraction of sp³-hybridized carbons (Fsp3) is 0.300. The molecular weight excluding hydrogens is 352 g/mol. The lowest BCUT2D eigenvalue weighted by molar-refractivity contribution is 0.0955. The maximum Gasteiger partial charge on any atom is 0.271 e. The van der Waals surface area contributed by atoms with E-state index in [2.05, 4.69) is 10.5 Å². The summed E-state index contributed by atoms with van der Waals surface area (Å²) in [6.07, 6.45) is 2.47. The third-order valence-electron chi connectivity index (χ3n) is 3.29. The Labute approximate surface area is 159 Å². The van der Waals surface area contributed by atoms with Gasteiger partial charge < -0.3 is 9.47 Å². The average Bonchev–Trinajstić information content (AvgIpc) is 2.62. The lowest BCUT2D eigenvalue weighted by Gasteiger charge is -2.12. The van der Waals surface area contributed by atoms with Gasteiger partial charge in [0.15, 0.2) is 0 Å². The molecule has 0 aliphatic carbocycles. The second-order valence-corrected chi connectivity index (χ2v) is 6.36. The van der Waals surface area contributed by atoms with E-state index in [0.717, 1.165) is 12.2 Å². The molecule has 0 aliphatic heterocycles. The molecule has 2 aromatic carbocycles. The maximum atomic E-state index is 12.2. The van der Waals surface area contributed by atoms with Crippen molar-refractivity contribution in [1.29, 1.82) is 0 Å². The van der Waals surface area contributed by atoms with Crippen molar-refractivity contribution in [2.45, 2.75) is 33.3 Å². The third kappa shape index (κ3) is 6.08. The van der Waals surface area contributed by atoms with E-state index < -0.39 is 0 Å². The van der Waals surface area contributed by atoms with E-state index in [1.807, 2.05) is 20.8 Å². The predicted molar refractivity (Wildman–Crippen MR) is 105 cm³/mol. The van der Waals surface area contributed by atoms with Crippen LogP contribution < -0.4 is 14.9 Å². The number of hydrogen-bond acceptors (Lipinski definition) is 4. The Kier molecular flexibility index (Phi) is 7.48. The van der Waals surface area contributed by atoms with Gasteiger partial charge in [-0.2, -0.15) is 5.10 Å². The van der Waals surface area contributed by atoms with Crippen molar-refractivity contribution in [3.8, 4) is 11.5 Å². The number of ether oxygens (including phenoxy) is 2. The summed E-state index contributed by atoms with van der Waals surface area (Å²) in [5.41, 5.74) is 3.69. The molecule has 0 aromatic heterocycles. The fourth-order valence-electron chi connectivity index (χ4n) is 2.13. The first kappa shape index (κ1) is 19.8. The Morgan fingerprint density at radius 3 is 2.62 bits per heavy atom. The van der Waals surface area contributed by atoms with Gasteiger partial charge in [0.25, 0.3) is 5.91 Å². The summed E-state index contributed by atoms with van der Waals surface area (Å²) in [5.74, 6) is 1.08. The van der Waals surface area contributed by atoms with Crippen LogP contribution in [0.25, 0.3) is 0 Å². The van der Waals surface area contributed by atoms with Gasteiger partial charge in [-0.1, -0.05) is 18.5 Å². The van der Waals surface area contributed by atoms with Gasteiger partial charge in [-0.15, -0.1) is 0 Å². The average molecular weight is 375 g/mol. The van der Waals surface area contributed by atoms with Crippen molar-refractivity contribution < 1.29 is 14.3 Å². The molecule has 26 heavy (non-hydrogen) atoms. The molecule has 0 fully saturated rings. The molecular formula is C20H23ClN2O3. The zero-order valence-electron chi connectivity index (χ0n) is 15.2. The Bertz CT molecular complexity index is 758. The number of rotatable bonds is 8. The van der Waals surface area contributed by atoms with E-state index in [4.69, 9.17) is 21.1 Å². The number of nitrogens with zero attached hydrogens (tertiary/aromatic N) is 1. The van der Waals surface area contributed by atoms with Gasteiger partial charge in [-0.25, -0.2) is 5.43 Å². The van der Waals surface area contributed by atoms with Gasteiger partial charge in [0.1, 0.15) is 11.5 Å². The molecule has 0 unspecified atom stereocenters. The van der Waals surface area contributed by atoms with Gasteiger partial charge in [-0.05, 0) is 62.7 Å². The quantitative estimate of drug-likeness (QED) is 0.539. The summed E-state index contributed by atoms with van der Waals surface area (Å²) in [6, 6.07) is 12.2. The molecule has 1 amide bonds. The molecule has 0 atom stereocenters. The molecule has 0 heterocycles. The number of halogens is 1. The number of hydrazone groups is 1. The predicted octanol–water partition coefficient (Wildman–Crippen LogP) is 4.68. The van der Waals surface area contributed by atoms with Crippen LogP contribution in [-0.2, 0) is 0 Å². The Balaban J connectivity index is 2.01. The van der Waals surface area contributed by atoms with Crippen LogP contribution in [-0.4, -0.2) is 24.8 Å². The topological polar surface area (TPSA) is 59.9 Å². The summed E-state index contributed by atoms with van der Waals surface area (Å²) in [4.78, 5) is 12.2. The van der Waals surface area contributed by atoms with Crippen molar-refractivity contribution in [2.24, 2.45) is 5.10 Å². The number of nitrogens with one attached hydrogen (secondary N) is 1. The molecule has 0 radical (unpaired) electrons. The summed E-state index contributed by atoms with van der Waals surface area (Å²) >= 11 is 6.03. The third-order valence-corrected chi connectivity index (χ3v) is 3.53. The standard InChI is InChI=1S/C20H23ClN2O3/c1-4-11-25-18-8-5-15(6-9-18)20(24)23-22-13-16-12-17(21)7-10-19(16)26-14(2)3/h5-10,12-14H,4,11H2,1-3H3,(H,23,24)/b22-13+. The second-order valence-electron chi connectivity index (χ2n) is 5.92. The van der Waals surface area contributed by atoms with Gasteiger partial charge in [-0.3, -0.25) is 4.79 Å². The molecule has 138 valence electrons. The highest BCUT2D eigenvalue weighted by Gasteiger charge is 2.07. The second kappa shape index (κ2) is 9.82. The summed E-state index contributed by atoms with van der Waals surface area (Å²) in [7, 11) is 0. The minimum Gasteiger partial charge on any atom is -0.494 e. The molecule has 2 aromatic rings. The number of hydrogen-bond donors (Lipinski definition) is 1. The number of amides is 1. The Morgan fingerprint density at radius 2 is 1.96 bits per heavy atom. The van der Waals surface area contributed by atoms with Gasteiger partial charge >= 0.3 is 0 Å². The first-order valence-electron chi connectivity index (χ1n) is 8.52. The van der Waals surface area contributed by atoms with Crippen LogP contribution >= 0.6 is 11.6 Å². The number of carbonyl (C=O) groups excluding carboxylic acids is 1. The van der Waals surface area contributed by atoms with Crippen molar-refractivity contribution in [1.82, 2.24) is 5.43 Å². The molecule has 0 saturated carbocycles. The number of benzene rings is 2. The minimum absolute atomic E-state index is 0.0198. The summed E-state index contributed by atoms with van der Waals surface area (Å²) in [6.45, 7) is 6.56.